The lowest BCUT2D eigenvalue weighted by atomic mass is 10.1. The number of aromatic nitrogens is 1. The van der Waals surface area contributed by atoms with E-state index < -0.39 is 0 Å². The number of anilines is 1. The van der Waals surface area contributed by atoms with E-state index in [1.165, 1.54) is 6.07 Å². The number of nitrogens with two attached hydrogens (primary N) is 1. The van der Waals surface area contributed by atoms with Gasteiger partial charge in [0.25, 0.3) is 0 Å². The van der Waals surface area contributed by atoms with Crippen LogP contribution in [0.25, 0.3) is 0 Å². The van der Waals surface area contributed by atoms with Gasteiger partial charge in [-0.05, 0) is 18.6 Å². The highest BCUT2D eigenvalue weighted by molar-refractivity contribution is 5.36. The summed E-state index contributed by atoms with van der Waals surface area (Å²) < 4.78 is 13.2. The smallest absolute Gasteiger partial charge is 0.165 e. The van der Waals surface area contributed by atoms with E-state index in [0.29, 0.717) is 12.4 Å². The fourth-order valence-corrected chi connectivity index (χ4v) is 1.38. The van der Waals surface area contributed by atoms with Crippen molar-refractivity contribution in [3.63, 3.8) is 0 Å². The van der Waals surface area contributed by atoms with E-state index in [2.05, 4.69) is 17.2 Å². The predicted octanol–water partition coefficient (Wildman–Crippen LogP) is 2.15. The Bertz CT molecular complexity index is 291. The van der Waals surface area contributed by atoms with Gasteiger partial charge in [0.05, 0.1) is 0 Å². The number of pyridine rings is 1. The largest absolute Gasteiger partial charge is 0.364 e. The predicted molar refractivity (Wildman–Crippen MR) is 60.2 cm³/mol. The fraction of sp³-hybridized carbons (Fsp3) is 0.545. The van der Waals surface area contributed by atoms with Crippen molar-refractivity contribution < 1.29 is 4.39 Å². The van der Waals surface area contributed by atoms with Crippen LogP contribution in [0.3, 0.4) is 0 Å². The molecule has 1 aromatic rings. The van der Waals surface area contributed by atoms with Crippen LogP contribution in [0.5, 0.6) is 0 Å². The molecule has 0 bridgehead atoms. The van der Waals surface area contributed by atoms with Gasteiger partial charge in [-0.1, -0.05) is 19.8 Å². The zero-order chi connectivity index (χ0) is 11.1. The summed E-state index contributed by atoms with van der Waals surface area (Å²) in [5.41, 5.74) is 5.60. The molecule has 4 heteroatoms. The molecule has 0 aliphatic heterocycles. The molecule has 0 saturated carbocycles. The van der Waals surface area contributed by atoms with Crippen LogP contribution >= 0.6 is 0 Å². The van der Waals surface area contributed by atoms with Crippen LogP contribution in [0, 0.1) is 5.82 Å². The Hall–Kier alpha value is -1.16. The van der Waals surface area contributed by atoms with E-state index in [1.54, 1.807) is 12.3 Å². The third-order valence-corrected chi connectivity index (χ3v) is 2.29. The standard InChI is InChI=1S/C11H18FN3/c1-2-3-5-9(8-13)15-11-10(12)6-4-7-14-11/h4,6-7,9H,2-3,5,8,13H2,1H3,(H,14,15). The maximum Gasteiger partial charge on any atom is 0.165 e. The maximum absolute atomic E-state index is 13.2. The van der Waals surface area contributed by atoms with E-state index in [-0.39, 0.29) is 11.9 Å². The summed E-state index contributed by atoms with van der Waals surface area (Å²) in [4.78, 5) is 3.93. The van der Waals surface area contributed by atoms with Gasteiger partial charge >= 0.3 is 0 Å². The van der Waals surface area contributed by atoms with E-state index in [1.807, 2.05) is 0 Å². The molecular formula is C11H18FN3. The molecule has 0 aliphatic rings. The second kappa shape index (κ2) is 6.35. The minimum atomic E-state index is -0.326. The minimum Gasteiger partial charge on any atom is -0.364 e. The molecular weight excluding hydrogens is 193 g/mol. The number of unbranched alkanes of at least 4 members (excludes halogenated alkanes) is 1. The van der Waals surface area contributed by atoms with E-state index in [9.17, 15) is 4.39 Å². The van der Waals surface area contributed by atoms with Crippen molar-refractivity contribution in [2.24, 2.45) is 5.73 Å². The Kier molecular flexibility index (Phi) is 5.04. The molecule has 3 nitrogen and oxygen atoms in total. The molecule has 0 spiro atoms. The lowest BCUT2D eigenvalue weighted by Gasteiger charge is -2.17. The van der Waals surface area contributed by atoms with Gasteiger partial charge in [0.2, 0.25) is 0 Å². The van der Waals surface area contributed by atoms with Gasteiger partial charge in [0.1, 0.15) is 0 Å². The number of rotatable bonds is 6. The summed E-state index contributed by atoms with van der Waals surface area (Å²) in [6.07, 6.45) is 4.72. The topological polar surface area (TPSA) is 50.9 Å². The van der Waals surface area contributed by atoms with Gasteiger partial charge in [-0.3, -0.25) is 0 Å². The van der Waals surface area contributed by atoms with Crippen molar-refractivity contribution in [3.05, 3.63) is 24.1 Å². The molecule has 0 amide bonds. The number of nitrogens with one attached hydrogen (secondary N) is 1. The molecule has 0 saturated heterocycles. The SMILES string of the molecule is CCCCC(CN)Nc1ncccc1F. The summed E-state index contributed by atoms with van der Waals surface area (Å²) >= 11 is 0. The van der Waals surface area contributed by atoms with Crippen molar-refractivity contribution >= 4 is 5.82 Å². The summed E-state index contributed by atoms with van der Waals surface area (Å²) in [7, 11) is 0. The Labute approximate surface area is 89.9 Å². The van der Waals surface area contributed by atoms with E-state index >= 15 is 0 Å². The number of hydrogen-bond acceptors (Lipinski definition) is 3. The van der Waals surface area contributed by atoms with Crippen molar-refractivity contribution in [2.45, 2.75) is 32.2 Å². The highest BCUT2D eigenvalue weighted by atomic mass is 19.1. The average molecular weight is 211 g/mol. The molecule has 15 heavy (non-hydrogen) atoms. The average Bonchev–Trinajstić information content (AvgIpc) is 2.26. The molecule has 1 aromatic heterocycles. The maximum atomic E-state index is 13.2. The second-order valence-electron chi connectivity index (χ2n) is 3.55. The third kappa shape index (κ3) is 3.83. The Morgan fingerprint density at radius 2 is 2.40 bits per heavy atom. The van der Waals surface area contributed by atoms with Crippen molar-refractivity contribution in [3.8, 4) is 0 Å². The minimum absolute atomic E-state index is 0.106. The molecule has 0 aliphatic carbocycles. The first-order valence-electron chi connectivity index (χ1n) is 5.35. The molecule has 84 valence electrons. The molecule has 1 atom stereocenters. The normalized spacial score (nSPS) is 12.5. The molecule has 1 rings (SSSR count). The van der Waals surface area contributed by atoms with Crippen LogP contribution in [0.4, 0.5) is 10.2 Å². The Balaban J connectivity index is 2.54. The third-order valence-electron chi connectivity index (χ3n) is 2.29. The van der Waals surface area contributed by atoms with Gasteiger partial charge in [0, 0.05) is 18.8 Å². The monoisotopic (exact) mass is 211 g/mol. The first kappa shape index (κ1) is 11.9. The summed E-state index contributed by atoms with van der Waals surface area (Å²) in [5.74, 6) is -0.0310. The molecule has 0 fully saturated rings. The molecule has 0 aromatic carbocycles. The summed E-state index contributed by atoms with van der Waals surface area (Å²) in [5, 5.41) is 3.02. The van der Waals surface area contributed by atoms with Crippen molar-refractivity contribution in [1.29, 1.82) is 0 Å². The van der Waals surface area contributed by atoms with Crippen LogP contribution in [-0.4, -0.2) is 17.6 Å². The van der Waals surface area contributed by atoms with Crippen molar-refractivity contribution in [1.82, 2.24) is 4.98 Å². The number of halogens is 1. The van der Waals surface area contributed by atoms with Gasteiger partial charge < -0.3 is 11.1 Å². The van der Waals surface area contributed by atoms with Crippen LogP contribution in [-0.2, 0) is 0 Å². The van der Waals surface area contributed by atoms with Gasteiger partial charge in [-0.25, -0.2) is 9.37 Å². The Morgan fingerprint density at radius 3 is 3.00 bits per heavy atom. The van der Waals surface area contributed by atoms with Gasteiger partial charge in [-0.15, -0.1) is 0 Å². The zero-order valence-corrected chi connectivity index (χ0v) is 9.04. The van der Waals surface area contributed by atoms with E-state index in [4.69, 9.17) is 5.73 Å². The van der Waals surface area contributed by atoms with Gasteiger partial charge in [0.15, 0.2) is 11.6 Å². The van der Waals surface area contributed by atoms with Crippen LogP contribution in [0.1, 0.15) is 26.2 Å². The first-order chi connectivity index (χ1) is 7.27. The molecule has 3 N–H and O–H groups in total. The zero-order valence-electron chi connectivity index (χ0n) is 9.04. The number of hydrogen-bond donors (Lipinski definition) is 2. The molecule has 0 radical (unpaired) electrons. The lowest BCUT2D eigenvalue weighted by Crippen LogP contribution is -2.29. The lowest BCUT2D eigenvalue weighted by molar-refractivity contribution is 0.591. The summed E-state index contributed by atoms with van der Waals surface area (Å²) in [6, 6.07) is 3.07. The van der Waals surface area contributed by atoms with Crippen LogP contribution < -0.4 is 11.1 Å². The highest BCUT2D eigenvalue weighted by Crippen LogP contribution is 2.12. The first-order valence-corrected chi connectivity index (χ1v) is 5.35. The van der Waals surface area contributed by atoms with Crippen LogP contribution in [0.2, 0.25) is 0 Å². The second-order valence-corrected chi connectivity index (χ2v) is 3.55. The molecule has 1 unspecified atom stereocenters. The quantitative estimate of drug-likeness (QED) is 0.758. The molecule has 1 heterocycles. The van der Waals surface area contributed by atoms with Crippen molar-refractivity contribution in [2.75, 3.05) is 11.9 Å². The van der Waals surface area contributed by atoms with E-state index in [0.717, 1.165) is 19.3 Å². The Morgan fingerprint density at radius 1 is 1.60 bits per heavy atom. The van der Waals surface area contributed by atoms with Crippen LogP contribution in [0.15, 0.2) is 18.3 Å². The summed E-state index contributed by atoms with van der Waals surface area (Å²) in [6.45, 7) is 2.62. The van der Waals surface area contributed by atoms with Gasteiger partial charge in [-0.2, -0.15) is 0 Å². The number of nitrogens with zero attached hydrogens (tertiary/aromatic N) is 1. The fourth-order valence-electron chi connectivity index (χ4n) is 1.38. The highest BCUT2D eigenvalue weighted by Gasteiger charge is 2.09.